The van der Waals surface area contributed by atoms with Crippen molar-refractivity contribution in [3.05, 3.63) is 61.6 Å². The summed E-state index contributed by atoms with van der Waals surface area (Å²) in [6.07, 6.45) is 1.41. The summed E-state index contributed by atoms with van der Waals surface area (Å²) in [6, 6.07) is 9.22. The second kappa shape index (κ2) is 9.01. The van der Waals surface area contributed by atoms with Gasteiger partial charge in [-0.1, -0.05) is 0 Å². The lowest BCUT2D eigenvalue weighted by Gasteiger charge is -2.11. The zero-order valence-corrected chi connectivity index (χ0v) is 16.9. The summed E-state index contributed by atoms with van der Waals surface area (Å²) in [5, 5.41) is 22.8. The van der Waals surface area contributed by atoms with Gasteiger partial charge in [0, 0.05) is 17.8 Å². The third-order valence-corrected chi connectivity index (χ3v) is 4.39. The zero-order chi connectivity index (χ0) is 20.8. The quantitative estimate of drug-likeness (QED) is 0.308. The number of methoxy groups -OCH3 is 2. The Hall–Kier alpha value is -3.38. The molecule has 0 atom stereocenters. The number of nitro benzene ring substituents is 1. The number of hydrogen-bond donors (Lipinski definition) is 1. The normalized spacial score (nSPS) is 10.8. The molecule has 0 unspecified atom stereocenters. The molecular formula is C19H16BrN3O5. The van der Waals surface area contributed by atoms with Gasteiger partial charge >= 0.3 is 0 Å². The van der Waals surface area contributed by atoms with E-state index in [-0.39, 0.29) is 11.3 Å². The first-order valence-corrected chi connectivity index (χ1v) is 8.69. The van der Waals surface area contributed by atoms with Crippen LogP contribution in [0.4, 0.5) is 11.4 Å². The van der Waals surface area contributed by atoms with Gasteiger partial charge in [-0.2, -0.15) is 5.26 Å². The summed E-state index contributed by atoms with van der Waals surface area (Å²) in [7, 11) is 2.98. The Kier molecular flexibility index (Phi) is 6.74. The lowest BCUT2D eigenvalue weighted by molar-refractivity contribution is -0.384. The predicted molar refractivity (Wildman–Crippen MR) is 107 cm³/mol. The van der Waals surface area contributed by atoms with Crippen molar-refractivity contribution in [3.8, 4) is 17.6 Å². The van der Waals surface area contributed by atoms with Crippen LogP contribution in [0.1, 0.15) is 11.1 Å². The standard InChI is InChI=1S/C19H16BrN3O5/c1-11-6-14(23(25)26)4-5-16(11)22-19(24)13(10-21)7-12-8-15(20)18(28-3)17(9-12)27-2/h4-9H,1-3H3,(H,22,24). The molecule has 0 aliphatic rings. The molecule has 9 heteroatoms. The Morgan fingerprint density at radius 3 is 2.54 bits per heavy atom. The molecule has 0 saturated carbocycles. The van der Waals surface area contributed by atoms with Gasteiger partial charge in [-0.3, -0.25) is 14.9 Å². The number of nitrogens with zero attached hydrogens (tertiary/aromatic N) is 2. The summed E-state index contributed by atoms with van der Waals surface area (Å²) < 4.78 is 11.1. The first-order valence-electron chi connectivity index (χ1n) is 7.90. The van der Waals surface area contributed by atoms with Crippen LogP contribution >= 0.6 is 15.9 Å². The summed E-state index contributed by atoms with van der Waals surface area (Å²) in [5.41, 5.74) is 1.22. The Morgan fingerprint density at radius 2 is 2.00 bits per heavy atom. The van der Waals surface area contributed by atoms with Gasteiger partial charge in [-0.25, -0.2) is 0 Å². The van der Waals surface area contributed by atoms with Gasteiger partial charge in [0.25, 0.3) is 11.6 Å². The minimum atomic E-state index is -0.634. The number of non-ortho nitro benzene ring substituents is 1. The number of halogens is 1. The van der Waals surface area contributed by atoms with Gasteiger partial charge in [0.2, 0.25) is 0 Å². The number of anilines is 1. The fraction of sp³-hybridized carbons (Fsp3) is 0.158. The highest BCUT2D eigenvalue weighted by atomic mass is 79.9. The maximum atomic E-state index is 12.5. The second-order valence-corrected chi connectivity index (χ2v) is 6.47. The zero-order valence-electron chi connectivity index (χ0n) is 15.3. The minimum Gasteiger partial charge on any atom is -0.493 e. The molecule has 0 saturated heterocycles. The molecule has 2 aromatic carbocycles. The van der Waals surface area contributed by atoms with E-state index in [1.807, 2.05) is 6.07 Å². The SMILES string of the molecule is COc1cc(C=C(C#N)C(=O)Nc2ccc([N+](=O)[O-])cc2C)cc(Br)c1OC. The monoisotopic (exact) mass is 445 g/mol. The third-order valence-electron chi connectivity index (χ3n) is 3.80. The Morgan fingerprint density at radius 1 is 1.29 bits per heavy atom. The summed E-state index contributed by atoms with van der Waals surface area (Å²) in [4.78, 5) is 22.8. The molecule has 0 bridgehead atoms. The van der Waals surface area contributed by atoms with Crippen molar-refractivity contribution in [1.82, 2.24) is 0 Å². The summed E-state index contributed by atoms with van der Waals surface area (Å²) in [5.74, 6) is 0.293. The van der Waals surface area contributed by atoms with Crippen LogP contribution in [0.15, 0.2) is 40.4 Å². The highest BCUT2D eigenvalue weighted by Crippen LogP contribution is 2.36. The van der Waals surface area contributed by atoms with E-state index in [2.05, 4.69) is 21.2 Å². The predicted octanol–water partition coefficient (Wildman–Crippen LogP) is 4.23. The van der Waals surface area contributed by atoms with E-state index in [9.17, 15) is 20.2 Å². The van der Waals surface area contributed by atoms with Crippen LogP contribution < -0.4 is 14.8 Å². The average Bonchev–Trinajstić information content (AvgIpc) is 2.66. The van der Waals surface area contributed by atoms with Gasteiger partial charge in [0.1, 0.15) is 11.6 Å². The number of benzene rings is 2. The topological polar surface area (TPSA) is 114 Å². The Labute approximate surface area is 169 Å². The molecule has 1 amide bonds. The van der Waals surface area contributed by atoms with Crippen LogP contribution in [0.5, 0.6) is 11.5 Å². The molecule has 28 heavy (non-hydrogen) atoms. The number of hydrogen-bond acceptors (Lipinski definition) is 6. The highest BCUT2D eigenvalue weighted by Gasteiger charge is 2.15. The first-order chi connectivity index (χ1) is 13.3. The van der Waals surface area contributed by atoms with Gasteiger partial charge in [0.15, 0.2) is 11.5 Å². The largest absolute Gasteiger partial charge is 0.493 e. The first kappa shape index (κ1) is 20.9. The number of carbonyl (C=O) groups excluding carboxylic acids is 1. The smallest absolute Gasteiger partial charge is 0.269 e. The third kappa shape index (κ3) is 4.66. The van der Waals surface area contributed by atoms with Crippen LogP contribution in [0.2, 0.25) is 0 Å². The number of ether oxygens (including phenoxy) is 2. The molecule has 1 N–H and O–H groups in total. The number of rotatable bonds is 6. The van der Waals surface area contributed by atoms with E-state index < -0.39 is 10.8 Å². The van der Waals surface area contributed by atoms with Crippen molar-refractivity contribution >= 4 is 39.3 Å². The highest BCUT2D eigenvalue weighted by molar-refractivity contribution is 9.10. The van der Waals surface area contributed by atoms with Crippen molar-refractivity contribution in [2.75, 3.05) is 19.5 Å². The second-order valence-electron chi connectivity index (χ2n) is 5.62. The van der Waals surface area contributed by atoms with Crippen molar-refractivity contribution in [3.63, 3.8) is 0 Å². The van der Waals surface area contributed by atoms with Crippen molar-refractivity contribution in [2.45, 2.75) is 6.92 Å². The molecule has 0 heterocycles. The fourth-order valence-corrected chi connectivity index (χ4v) is 3.05. The van der Waals surface area contributed by atoms with Gasteiger partial charge in [-0.05, 0) is 58.3 Å². The molecule has 0 aliphatic heterocycles. The van der Waals surface area contributed by atoms with Crippen LogP contribution in [0.3, 0.4) is 0 Å². The van der Waals surface area contributed by atoms with Gasteiger partial charge < -0.3 is 14.8 Å². The van der Waals surface area contributed by atoms with Crippen LogP contribution in [0, 0.1) is 28.4 Å². The maximum Gasteiger partial charge on any atom is 0.269 e. The number of nitrogens with one attached hydrogen (secondary N) is 1. The van der Waals surface area contributed by atoms with E-state index >= 15 is 0 Å². The molecule has 0 radical (unpaired) electrons. The molecule has 2 rings (SSSR count). The number of amides is 1. The summed E-state index contributed by atoms with van der Waals surface area (Å²) >= 11 is 3.36. The fourth-order valence-electron chi connectivity index (χ4n) is 2.43. The van der Waals surface area contributed by atoms with E-state index in [0.29, 0.717) is 32.8 Å². The van der Waals surface area contributed by atoms with Gasteiger partial charge in [0.05, 0.1) is 23.6 Å². The van der Waals surface area contributed by atoms with E-state index in [0.717, 1.165) is 0 Å². The number of nitro groups is 1. The molecule has 0 fully saturated rings. The lowest BCUT2D eigenvalue weighted by atomic mass is 10.1. The Balaban J connectivity index is 2.33. The average molecular weight is 446 g/mol. The number of nitriles is 1. The molecule has 2 aromatic rings. The van der Waals surface area contributed by atoms with E-state index in [1.54, 1.807) is 19.1 Å². The maximum absolute atomic E-state index is 12.5. The molecule has 8 nitrogen and oxygen atoms in total. The van der Waals surface area contributed by atoms with Gasteiger partial charge in [-0.15, -0.1) is 0 Å². The summed E-state index contributed by atoms with van der Waals surface area (Å²) in [6.45, 7) is 1.63. The minimum absolute atomic E-state index is 0.0817. The van der Waals surface area contributed by atoms with Crippen LogP contribution in [-0.4, -0.2) is 25.1 Å². The van der Waals surface area contributed by atoms with Crippen molar-refractivity contribution in [2.24, 2.45) is 0 Å². The Bertz CT molecular complexity index is 1010. The lowest BCUT2D eigenvalue weighted by Crippen LogP contribution is -2.14. The molecular weight excluding hydrogens is 430 g/mol. The molecule has 0 aliphatic carbocycles. The van der Waals surface area contributed by atoms with Crippen molar-refractivity contribution in [1.29, 1.82) is 5.26 Å². The number of aryl methyl sites for hydroxylation is 1. The van der Waals surface area contributed by atoms with E-state index in [4.69, 9.17) is 9.47 Å². The molecule has 144 valence electrons. The van der Waals surface area contributed by atoms with Crippen molar-refractivity contribution < 1.29 is 19.2 Å². The number of carbonyl (C=O) groups is 1. The molecule has 0 aromatic heterocycles. The van der Waals surface area contributed by atoms with Crippen LogP contribution in [0.25, 0.3) is 6.08 Å². The molecule has 0 spiro atoms. The van der Waals surface area contributed by atoms with Crippen LogP contribution in [-0.2, 0) is 4.79 Å². The van der Waals surface area contributed by atoms with E-state index in [1.165, 1.54) is 38.5 Å².